The van der Waals surface area contributed by atoms with Crippen molar-refractivity contribution < 1.29 is 80.4 Å². The van der Waals surface area contributed by atoms with Gasteiger partial charge >= 0.3 is 0 Å². The average molecular weight is 2040 g/mol. The van der Waals surface area contributed by atoms with Crippen molar-refractivity contribution in [3.8, 4) is 67.3 Å². The first-order valence-electron chi connectivity index (χ1n) is 33.6. The van der Waals surface area contributed by atoms with Crippen molar-refractivity contribution in [3.63, 3.8) is 0 Å². The Morgan fingerprint density at radius 3 is 1.00 bits per heavy atom. The minimum Gasteiger partial charge on any atom is -0.304 e. The van der Waals surface area contributed by atoms with E-state index in [0.29, 0.717) is 0 Å². The van der Waals surface area contributed by atoms with E-state index < -0.39 is 0 Å². The van der Waals surface area contributed by atoms with Crippen molar-refractivity contribution in [1.82, 2.24) is 19.9 Å². The summed E-state index contributed by atoms with van der Waals surface area (Å²) in [5.41, 5.74) is 12.8. The molecule has 0 N–H and O–H groups in total. The van der Waals surface area contributed by atoms with Crippen molar-refractivity contribution >= 4 is 108 Å². The van der Waals surface area contributed by atoms with Crippen molar-refractivity contribution in [2.45, 2.75) is 0 Å². The summed E-state index contributed by atoms with van der Waals surface area (Å²) in [6.07, 6.45) is 7.59. The molecule has 16 aromatic carbocycles. The molecule has 504 valence electrons. The minimum absolute atomic E-state index is 0. The zero-order valence-corrected chi connectivity index (χ0v) is 65.3. The van der Waals surface area contributed by atoms with Gasteiger partial charge in [0.2, 0.25) is 0 Å². The number of fused-ring (bicyclic) bond motifs is 14. The molecule has 104 heavy (non-hydrogen) atoms. The summed E-state index contributed by atoms with van der Waals surface area (Å²) in [4.78, 5) is 18.7. The molecular weight excluding hydrogens is 1980 g/mol. The van der Waals surface area contributed by atoms with E-state index in [9.17, 15) is 0 Å². The van der Waals surface area contributed by atoms with Gasteiger partial charge in [-0.25, -0.2) is 0 Å². The van der Waals surface area contributed by atoms with Gasteiger partial charge in [0.05, 0.1) is 0 Å². The van der Waals surface area contributed by atoms with Gasteiger partial charge in [-0.1, -0.05) is 277 Å². The van der Waals surface area contributed by atoms with Crippen molar-refractivity contribution in [3.05, 3.63) is 389 Å². The van der Waals surface area contributed by atoms with E-state index in [2.05, 4.69) is 343 Å². The Kier molecular flexibility index (Phi) is 22.6. The maximum atomic E-state index is 4.70. The van der Waals surface area contributed by atoms with Crippen LogP contribution in [0.3, 0.4) is 0 Å². The molecule has 0 bridgehead atoms. The molecule has 20 aromatic rings. The van der Waals surface area contributed by atoms with Crippen LogP contribution in [0.15, 0.2) is 365 Å². The summed E-state index contributed by atoms with van der Waals surface area (Å²) < 4.78 is 0. The predicted octanol–water partition coefficient (Wildman–Crippen LogP) is 25.1. The van der Waals surface area contributed by atoms with E-state index in [1.165, 1.54) is 119 Å². The number of rotatable bonds is 6. The van der Waals surface area contributed by atoms with Crippen LogP contribution >= 0.6 is 0 Å². The second-order valence-electron chi connectivity index (χ2n) is 24.8. The first kappa shape index (κ1) is 71.7. The van der Waals surface area contributed by atoms with Crippen LogP contribution < -0.4 is 0 Å². The van der Waals surface area contributed by atoms with E-state index in [4.69, 9.17) is 4.98 Å². The number of aromatic nitrogens is 4. The summed E-state index contributed by atoms with van der Waals surface area (Å²) in [5.74, 6) is 0. The van der Waals surface area contributed by atoms with E-state index in [1.54, 1.807) is 0 Å². The molecule has 0 spiro atoms. The Hall–Kier alpha value is -10.7. The molecule has 20 rings (SSSR count). The van der Waals surface area contributed by atoms with Gasteiger partial charge in [0.1, 0.15) is 0 Å². The Bertz CT molecular complexity index is 6420. The van der Waals surface area contributed by atoms with Crippen molar-refractivity contribution in [2.24, 2.45) is 0 Å². The molecule has 0 saturated heterocycles. The molecule has 0 amide bonds. The molecule has 4 heterocycles. The number of hydrogen-bond acceptors (Lipinski definition) is 4. The molecule has 4 aromatic heterocycles. The molecule has 0 atom stereocenters. The van der Waals surface area contributed by atoms with Crippen molar-refractivity contribution in [1.29, 1.82) is 0 Å². The number of nitrogens with zero attached hydrogens (tertiary/aromatic N) is 4. The van der Waals surface area contributed by atoms with Gasteiger partial charge in [0.25, 0.3) is 0 Å². The molecule has 0 aliphatic carbocycles. The molecule has 4 radical (unpaired) electrons. The maximum Gasteiger partial charge on any atom is 0.0167 e. The fourth-order valence-electron chi connectivity index (χ4n) is 14.0. The van der Waals surface area contributed by atoms with Gasteiger partial charge in [-0.15, -0.1) is 124 Å². The zero-order chi connectivity index (χ0) is 66.6. The average Bonchev–Trinajstić information content (AvgIpc) is 0.781. The molecular formula is C96H60Ir4N4-4. The SMILES string of the molecule is [Ir].[Ir].[Ir].[Ir].[c-]1cc(-c2ccccc2)ccc1-c1nccc2c1ccc1ccccc12.[c-]1cc2ccccc2cc1-c1nccc2c1ccc1ccccc12.[c-]1ccc(-c2ccccc2)cc1-c1nccc2c1ccc1ccccc12.[c-]1ccc2ccccc2c1-c1nccc2c1ccc1ccccc12. The van der Waals surface area contributed by atoms with Gasteiger partial charge in [0.15, 0.2) is 0 Å². The normalized spacial score (nSPS) is 10.8. The standard InChI is InChI=1S/2C25H16N.2C23H14N.4Ir/c1-2-7-18(8-3-1)20-10-6-11-21(17-20)25-24-14-13-19-9-4-5-12-22(19)23(24)15-16-26-25;1-2-6-18(7-3-1)19-10-12-21(13-11-19)25-24-15-14-20-8-4-5-9-22(20)23(24)16-17-26-25;1-4-10-19-16(6-1)8-5-11-21(19)23-22-13-12-17-7-2-3-9-18(17)20(22)14-15-24-23;1-2-7-18-15-19(10-9-16(18)5-1)23-22-12-11-17-6-3-4-8-20(17)21(22)13-14-24-23;;;;/h1-10,12-17H;1-12,14-17H;1-10,12-15H;1-9,11-15H;;;;/q4*-1;;;;. The van der Waals surface area contributed by atoms with E-state index in [-0.39, 0.29) is 80.4 Å². The van der Waals surface area contributed by atoms with Crippen LogP contribution in [0.4, 0.5) is 0 Å². The van der Waals surface area contributed by atoms with Crippen molar-refractivity contribution in [2.75, 3.05) is 0 Å². The van der Waals surface area contributed by atoms with Gasteiger partial charge in [-0.2, -0.15) is 0 Å². The monoisotopic (exact) mass is 2040 g/mol. The first-order chi connectivity index (χ1) is 49.6. The summed E-state index contributed by atoms with van der Waals surface area (Å²) >= 11 is 0. The van der Waals surface area contributed by atoms with Crippen LogP contribution in [0.5, 0.6) is 0 Å². The minimum atomic E-state index is 0. The summed E-state index contributed by atoms with van der Waals surface area (Å²) in [7, 11) is 0. The van der Waals surface area contributed by atoms with Gasteiger partial charge in [-0.3, -0.25) is 0 Å². The largest absolute Gasteiger partial charge is 0.304 e. The molecule has 0 aliphatic rings. The smallest absolute Gasteiger partial charge is 0.0167 e. The maximum absolute atomic E-state index is 4.70. The molecule has 4 nitrogen and oxygen atoms in total. The zero-order valence-electron chi connectivity index (χ0n) is 55.8. The Balaban J connectivity index is 0.000000122. The van der Waals surface area contributed by atoms with E-state index in [0.717, 1.165) is 55.8 Å². The first-order valence-corrected chi connectivity index (χ1v) is 33.6. The van der Waals surface area contributed by atoms with Crippen LogP contribution in [0, 0.1) is 24.3 Å². The van der Waals surface area contributed by atoms with Gasteiger partial charge < -0.3 is 19.9 Å². The Morgan fingerprint density at radius 2 is 0.538 bits per heavy atom. The second kappa shape index (κ2) is 32.7. The third-order valence-corrected chi connectivity index (χ3v) is 18.9. The van der Waals surface area contributed by atoms with E-state index in [1.807, 2.05) is 61.2 Å². The number of pyridine rings is 4. The van der Waals surface area contributed by atoms with E-state index >= 15 is 0 Å². The fraction of sp³-hybridized carbons (Fsp3) is 0. The van der Waals surface area contributed by atoms with Gasteiger partial charge in [-0.05, 0) is 139 Å². The predicted molar refractivity (Wildman–Crippen MR) is 420 cm³/mol. The molecule has 0 aliphatic heterocycles. The topological polar surface area (TPSA) is 51.6 Å². The third kappa shape index (κ3) is 14.5. The Morgan fingerprint density at radius 1 is 0.183 bits per heavy atom. The molecule has 8 heteroatoms. The van der Waals surface area contributed by atoms with Gasteiger partial charge in [0, 0.05) is 105 Å². The van der Waals surface area contributed by atoms with Crippen LogP contribution in [0.2, 0.25) is 0 Å². The third-order valence-electron chi connectivity index (χ3n) is 18.9. The quantitative estimate of drug-likeness (QED) is 0.123. The molecule has 0 saturated carbocycles. The summed E-state index contributed by atoms with van der Waals surface area (Å²) in [5, 5.41) is 24.5. The second-order valence-corrected chi connectivity index (χ2v) is 24.8. The summed E-state index contributed by atoms with van der Waals surface area (Å²) in [6.45, 7) is 0. The fourth-order valence-corrected chi connectivity index (χ4v) is 14.0. The van der Waals surface area contributed by atoms with Crippen LogP contribution in [-0.2, 0) is 80.4 Å². The van der Waals surface area contributed by atoms with Crippen LogP contribution in [0.1, 0.15) is 0 Å². The molecule has 0 unspecified atom stereocenters. The van der Waals surface area contributed by atoms with Crippen LogP contribution in [0.25, 0.3) is 175 Å². The summed E-state index contributed by atoms with van der Waals surface area (Å²) in [6, 6.07) is 132. The number of benzene rings is 16. The number of hydrogen-bond donors (Lipinski definition) is 0. The van der Waals surface area contributed by atoms with Crippen LogP contribution in [-0.4, -0.2) is 19.9 Å². The molecule has 0 fully saturated rings. The Labute approximate surface area is 658 Å².